The van der Waals surface area contributed by atoms with Gasteiger partial charge in [-0.05, 0) is 49.1 Å². The molecule has 0 spiro atoms. The summed E-state index contributed by atoms with van der Waals surface area (Å²) in [5, 5.41) is 3.44. The van der Waals surface area contributed by atoms with Crippen molar-refractivity contribution in [3.8, 4) is 0 Å². The molecule has 0 aliphatic carbocycles. The molecule has 3 N–H and O–H groups in total. The van der Waals surface area contributed by atoms with Gasteiger partial charge in [0.05, 0.1) is 0 Å². The highest BCUT2D eigenvalue weighted by atomic mass is 19.1. The monoisotopic (exact) mass is 234 g/mol. The summed E-state index contributed by atoms with van der Waals surface area (Å²) in [6.45, 7) is 1.60. The van der Waals surface area contributed by atoms with E-state index in [1.807, 2.05) is 6.07 Å². The number of nitrogens with two attached hydrogens (primary N) is 1. The quantitative estimate of drug-likeness (QED) is 0.839. The van der Waals surface area contributed by atoms with Crippen LogP contribution >= 0.6 is 0 Å². The maximum absolute atomic E-state index is 13.2. The van der Waals surface area contributed by atoms with Crippen LogP contribution in [-0.2, 0) is 0 Å². The van der Waals surface area contributed by atoms with Crippen molar-refractivity contribution in [3.63, 3.8) is 0 Å². The molecule has 1 aromatic carbocycles. The van der Waals surface area contributed by atoms with Crippen molar-refractivity contribution in [2.24, 2.45) is 5.73 Å². The molecule has 1 aliphatic heterocycles. The molecule has 0 aromatic heterocycles. The van der Waals surface area contributed by atoms with Crippen LogP contribution in [-0.4, -0.2) is 19.1 Å². The summed E-state index contributed by atoms with van der Waals surface area (Å²) in [7, 11) is 0. The molecular weight excluding hydrogens is 215 g/mol. The fourth-order valence-electron chi connectivity index (χ4n) is 2.26. The Hall–Kier alpha value is -1.19. The van der Waals surface area contributed by atoms with E-state index in [1.54, 1.807) is 12.1 Å². The van der Waals surface area contributed by atoms with Gasteiger partial charge in [0, 0.05) is 12.6 Å². The van der Waals surface area contributed by atoms with E-state index in [9.17, 15) is 4.39 Å². The molecule has 0 amide bonds. The van der Waals surface area contributed by atoms with Gasteiger partial charge in [-0.25, -0.2) is 4.39 Å². The summed E-state index contributed by atoms with van der Waals surface area (Å²) in [5.41, 5.74) is 7.76. The number of rotatable bonds is 4. The molecule has 2 rings (SSSR count). The van der Waals surface area contributed by atoms with Gasteiger partial charge in [0.25, 0.3) is 0 Å². The van der Waals surface area contributed by atoms with E-state index >= 15 is 0 Å². The van der Waals surface area contributed by atoms with Gasteiger partial charge in [-0.15, -0.1) is 0 Å². The molecule has 1 heterocycles. The molecule has 0 fully saturated rings. The minimum atomic E-state index is -0.166. The van der Waals surface area contributed by atoms with Crippen LogP contribution in [0.3, 0.4) is 0 Å². The lowest BCUT2D eigenvalue weighted by molar-refractivity contribution is 0.488. The van der Waals surface area contributed by atoms with Crippen LogP contribution in [0.15, 0.2) is 30.3 Å². The lowest BCUT2D eigenvalue weighted by atomic mass is 9.93. The average Bonchev–Trinajstić information content (AvgIpc) is 2.37. The van der Waals surface area contributed by atoms with Crippen LogP contribution in [0.25, 0.3) is 5.57 Å². The first-order chi connectivity index (χ1) is 8.29. The van der Waals surface area contributed by atoms with Gasteiger partial charge >= 0.3 is 0 Å². The highest BCUT2D eigenvalue weighted by Gasteiger charge is 2.15. The molecule has 92 valence electrons. The van der Waals surface area contributed by atoms with Gasteiger partial charge in [0.15, 0.2) is 0 Å². The summed E-state index contributed by atoms with van der Waals surface area (Å²) < 4.78 is 13.2. The predicted molar refractivity (Wildman–Crippen MR) is 69.1 cm³/mol. The third-order valence-electron chi connectivity index (χ3n) is 3.17. The van der Waals surface area contributed by atoms with Crippen LogP contribution in [0.2, 0.25) is 0 Å². The van der Waals surface area contributed by atoms with Crippen molar-refractivity contribution in [1.82, 2.24) is 5.32 Å². The summed E-state index contributed by atoms with van der Waals surface area (Å²) in [5.74, 6) is -0.166. The lowest BCUT2D eigenvalue weighted by Gasteiger charge is -2.24. The van der Waals surface area contributed by atoms with Crippen molar-refractivity contribution in [2.75, 3.05) is 13.1 Å². The molecule has 3 heteroatoms. The maximum atomic E-state index is 13.2. The predicted octanol–water partition coefficient (Wildman–Crippen LogP) is 2.31. The van der Waals surface area contributed by atoms with Gasteiger partial charge in [-0.1, -0.05) is 18.2 Å². The van der Waals surface area contributed by atoms with E-state index in [2.05, 4.69) is 11.4 Å². The highest BCUT2D eigenvalue weighted by molar-refractivity contribution is 5.67. The van der Waals surface area contributed by atoms with E-state index in [0.717, 1.165) is 37.9 Å². The Morgan fingerprint density at radius 1 is 1.41 bits per heavy atom. The molecule has 1 aliphatic rings. The van der Waals surface area contributed by atoms with Crippen LogP contribution in [0, 0.1) is 5.82 Å². The molecule has 1 atom stereocenters. The molecular formula is C14H19FN2. The van der Waals surface area contributed by atoms with Gasteiger partial charge < -0.3 is 11.1 Å². The number of hydrogen-bond donors (Lipinski definition) is 2. The molecule has 0 saturated heterocycles. The van der Waals surface area contributed by atoms with Crippen LogP contribution in [0.4, 0.5) is 4.39 Å². The minimum Gasteiger partial charge on any atom is -0.330 e. The molecule has 0 bridgehead atoms. The summed E-state index contributed by atoms with van der Waals surface area (Å²) in [6, 6.07) is 7.30. The second-order valence-electron chi connectivity index (χ2n) is 4.48. The second kappa shape index (κ2) is 5.94. The zero-order valence-corrected chi connectivity index (χ0v) is 9.95. The van der Waals surface area contributed by atoms with Gasteiger partial charge in [0.1, 0.15) is 5.82 Å². The van der Waals surface area contributed by atoms with Gasteiger partial charge in [0.2, 0.25) is 0 Å². The fourth-order valence-corrected chi connectivity index (χ4v) is 2.26. The van der Waals surface area contributed by atoms with Crippen LogP contribution < -0.4 is 11.1 Å². The van der Waals surface area contributed by atoms with Crippen molar-refractivity contribution in [2.45, 2.75) is 25.3 Å². The van der Waals surface area contributed by atoms with E-state index in [1.165, 1.54) is 11.6 Å². The number of benzene rings is 1. The molecule has 0 saturated carbocycles. The Morgan fingerprint density at radius 3 is 3.06 bits per heavy atom. The Kier molecular flexibility index (Phi) is 4.29. The SMILES string of the molecule is NCCCC1CC(c2cccc(F)c2)=CCN1. The molecule has 17 heavy (non-hydrogen) atoms. The first-order valence-corrected chi connectivity index (χ1v) is 6.18. The minimum absolute atomic E-state index is 0.166. The lowest BCUT2D eigenvalue weighted by Crippen LogP contribution is -2.33. The fraction of sp³-hybridized carbons (Fsp3) is 0.429. The summed E-state index contributed by atoms with van der Waals surface area (Å²) in [6.07, 6.45) is 5.23. The van der Waals surface area contributed by atoms with E-state index in [-0.39, 0.29) is 5.82 Å². The smallest absolute Gasteiger partial charge is 0.123 e. The van der Waals surface area contributed by atoms with Crippen LogP contribution in [0.5, 0.6) is 0 Å². The van der Waals surface area contributed by atoms with E-state index in [4.69, 9.17) is 5.73 Å². The second-order valence-corrected chi connectivity index (χ2v) is 4.48. The standard InChI is InChI=1S/C14H19FN2/c15-13-4-1-3-11(9-13)12-6-8-17-14(10-12)5-2-7-16/h1,3-4,6,9,14,17H,2,5,7-8,10,16H2. The Balaban J connectivity index is 2.04. The normalized spacial score (nSPS) is 20.1. The van der Waals surface area contributed by atoms with Gasteiger partial charge in [-0.2, -0.15) is 0 Å². The topological polar surface area (TPSA) is 38.0 Å². The Morgan fingerprint density at radius 2 is 2.29 bits per heavy atom. The average molecular weight is 234 g/mol. The van der Waals surface area contributed by atoms with Gasteiger partial charge in [-0.3, -0.25) is 0 Å². The zero-order chi connectivity index (χ0) is 12.1. The third-order valence-corrected chi connectivity index (χ3v) is 3.17. The number of nitrogens with one attached hydrogen (secondary N) is 1. The van der Waals surface area contributed by atoms with Crippen LogP contribution in [0.1, 0.15) is 24.8 Å². The van der Waals surface area contributed by atoms with E-state index < -0.39 is 0 Å². The van der Waals surface area contributed by atoms with E-state index in [0.29, 0.717) is 6.04 Å². The maximum Gasteiger partial charge on any atom is 0.123 e. The first kappa shape index (κ1) is 12.3. The van der Waals surface area contributed by atoms with Crippen molar-refractivity contribution in [3.05, 3.63) is 41.7 Å². The largest absolute Gasteiger partial charge is 0.330 e. The molecule has 0 radical (unpaired) electrons. The van der Waals surface area contributed by atoms with Crippen molar-refractivity contribution >= 4 is 5.57 Å². The number of hydrogen-bond acceptors (Lipinski definition) is 2. The summed E-state index contributed by atoms with van der Waals surface area (Å²) in [4.78, 5) is 0. The molecule has 1 unspecified atom stereocenters. The summed E-state index contributed by atoms with van der Waals surface area (Å²) >= 11 is 0. The molecule has 2 nitrogen and oxygen atoms in total. The highest BCUT2D eigenvalue weighted by Crippen LogP contribution is 2.24. The number of halogens is 1. The van der Waals surface area contributed by atoms with Crippen molar-refractivity contribution in [1.29, 1.82) is 0 Å². The zero-order valence-electron chi connectivity index (χ0n) is 9.95. The third kappa shape index (κ3) is 3.38. The Bertz CT molecular complexity index is 401. The first-order valence-electron chi connectivity index (χ1n) is 6.18. The Labute approximate surface area is 102 Å². The van der Waals surface area contributed by atoms with Crippen molar-refractivity contribution < 1.29 is 4.39 Å². The molecule has 1 aromatic rings.